The molecule has 26 heavy (non-hydrogen) atoms. The van der Waals surface area contributed by atoms with E-state index in [4.69, 9.17) is 0 Å². The number of anilines is 1. The fourth-order valence-corrected chi connectivity index (χ4v) is 4.22. The summed E-state index contributed by atoms with van der Waals surface area (Å²) in [6.45, 7) is 1.06. The number of hydrogen-bond acceptors (Lipinski definition) is 5. The molecule has 8 heteroatoms. The summed E-state index contributed by atoms with van der Waals surface area (Å²) in [7, 11) is 0. The van der Waals surface area contributed by atoms with Crippen molar-refractivity contribution in [2.45, 2.75) is 32.2 Å². The van der Waals surface area contributed by atoms with Crippen LogP contribution in [0.3, 0.4) is 0 Å². The summed E-state index contributed by atoms with van der Waals surface area (Å²) in [5, 5.41) is 11.5. The van der Waals surface area contributed by atoms with E-state index in [1.54, 1.807) is 4.90 Å². The zero-order chi connectivity index (χ0) is 17.9. The number of benzene rings is 1. The molecule has 2 aliphatic heterocycles. The van der Waals surface area contributed by atoms with E-state index in [1.165, 1.54) is 24.6 Å². The summed E-state index contributed by atoms with van der Waals surface area (Å²) in [5.74, 6) is 2.84. The maximum Gasteiger partial charge on any atom is 0.244 e. The quantitative estimate of drug-likeness (QED) is 0.891. The van der Waals surface area contributed by atoms with Crippen LogP contribution < -0.4 is 5.32 Å². The number of carbonyl (C=O) groups is 2. The third kappa shape index (κ3) is 3.60. The predicted octanol–water partition coefficient (Wildman–Crippen LogP) is 2.14. The number of aromatic nitrogens is 3. The van der Waals surface area contributed by atoms with Crippen LogP contribution in [0.25, 0.3) is 11.4 Å². The summed E-state index contributed by atoms with van der Waals surface area (Å²) >= 11 is 1.53. The average Bonchev–Trinajstić information content (AvgIpc) is 3.14. The Labute approximate surface area is 156 Å². The molecule has 0 aliphatic carbocycles. The summed E-state index contributed by atoms with van der Waals surface area (Å²) in [6, 6.07) is 7.64. The standard InChI is InChI=1S/C18H21N5O2S/c24-16(10-22-12-26-11-17(22)25)19-14-7-5-13(6-8-14)18-21-20-15-4-2-1-3-9-23(15)18/h5-8H,1-4,9-12H2,(H,19,24). The molecule has 2 amide bonds. The molecule has 1 N–H and O–H groups in total. The van der Waals surface area contributed by atoms with Gasteiger partial charge in [0, 0.05) is 24.2 Å². The molecular weight excluding hydrogens is 350 g/mol. The Hall–Kier alpha value is -2.35. The first-order chi connectivity index (χ1) is 12.7. The minimum absolute atomic E-state index is 0.0213. The van der Waals surface area contributed by atoms with E-state index in [2.05, 4.69) is 20.1 Å². The first-order valence-electron chi connectivity index (χ1n) is 8.88. The second-order valence-corrected chi connectivity index (χ2v) is 7.55. The number of fused-ring (bicyclic) bond motifs is 1. The Morgan fingerprint density at radius 1 is 1.15 bits per heavy atom. The number of amides is 2. The number of aryl methyl sites for hydroxylation is 1. The van der Waals surface area contributed by atoms with Gasteiger partial charge < -0.3 is 14.8 Å². The van der Waals surface area contributed by atoms with Crippen LogP contribution in [0.2, 0.25) is 0 Å². The number of thioether (sulfide) groups is 1. The van der Waals surface area contributed by atoms with Gasteiger partial charge in [-0.15, -0.1) is 22.0 Å². The first kappa shape index (κ1) is 17.1. The second kappa shape index (κ2) is 7.49. The van der Waals surface area contributed by atoms with Gasteiger partial charge in [-0.1, -0.05) is 6.42 Å². The lowest BCUT2D eigenvalue weighted by molar-refractivity contribution is -0.130. The Morgan fingerprint density at radius 3 is 2.77 bits per heavy atom. The van der Waals surface area contributed by atoms with Gasteiger partial charge in [0.05, 0.1) is 11.6 Å². The lowest BCUT2D eigenvalue weighted by Gasteiger charge is -2.14. The monoisotopic (exact) mass is 371 g/mol. The Morgan fingerprint density at radius 2 is 2.00 bits per heavy atom. The average molecular weight is 371 g/mol. The molecule has 0 unspecified atom stereocenters. The highest BCUT2D eigenvalue weighted by Crippen LogP contribution is 2.24. The highest BCUT2D eigenvalue weighted by Gasteiger charge is 2.23. The largest absolute Gasteiger partial charge is 0.325 e. The minimum Gasteiger partial charge on any atom is -0.325 e. The van der Waals surface area contributed by atoms with E-state index in [0.29, 0.717) is 17.3 Å². The molecule has 0 atom stereocenters. The molecule has 136 valence electrons. The topological polar surface area (TPSA) is 80.1 Å². The fraction of sp³-hybridized carbons (Fsp3) is 0.444. The van der Waals surface area contributed by atoms with Crippen LogP contribution in [0.4, 0.5) is 5.69 Å². The van der Waals surface area contributed by atoms with E-state index in [1.807, 2.05) is 24.3 Å². The van der Waals surface area contributed by atoms with E-state index >= 15 is 0 Å². The van der Waals surface area contributed by atoms with Crippen molar-refractivity contribution in [3.8, 4) is 11.4 Å². The summed E-state index contributed by atoms with van der Waals surface area (Å²) < 4.78 is 2.21. The molecule has 1 aromatic heterocycles. The fourth-order valence-electron chi connectivity index (χ4n) is 3.32. The smallest absolute Gasteiger partial charge is 0.244 e. The molecule has 0 bridgehead atoms. The van der Waals surface area contributed by atoms with Crippen molar-refractivity contribution in [1.29, 1.82) is 0 Å². The third-order valence-electron chi connectivity index (χ3n) is 4.70. The molecule has 7 nitrogen and oxygen atoms in total. The zero-order valence-corrected chi connectivity index (χ0v) is 15.3. The maximum atomic E-state index is 12.1. The first-order valence-corrected chi connectivity index (χ1v) is 10.0. The van der Waals surface area contributed by atoms with Crippen LogP contribution in [0.15, 0.2) is 24.3 Å². The molecule has 4 rings (SSSR count). The van der Waals surface area contributed by atoms with Crippen LogP contribution in [-0.2, 0) is 22.6 Å². The molecule has 0 saturated carbocycles. The summed E-state index contributed by atoms with van der Waals surface area (Å²) in [5.41, 5.74) is 1.71. The third-order valence-corrected chi connectivity index (χ3v) is 5.64. The summed E-state index contributed by atoms with van der Waals surface area (Å²) in [4.78, 5) is 25.3. The van der Waals surface area contributed by atoms with Crippen LogP contribution in [0, 0.1) is 0 Å². The molecular formula is C18H21N5O2S. The highest BCUT2D eigenvalue weighted by molar-refractivity contribution is 8.00. The van der Waals surface area contributed by atoms with Gasteiger partial charge in [-0.2, -0.15) is 0 Å². The van der Waals surface area contributed by atoms with Crippen molar-refractivity contribution >= 4 is 29.3 Å². The van der Waals surface area contributed by atoms with Crippen LogP contribution in [-0.4, -0.2) is 49.7 Å². The zero-order valence-electron chi connectivity index (χ0n) is 14.5. The normalized spacial score (nSPS) is 17.1. The molecule has 0 spiro atoms. The molecule has 1 fully saturated rings. The minimum atomic E-state index is -0.176. The number of rotatable bonds is 4. The predicted molar refractivity (Wildman–Crippen MR) is 101 cm³/mol. The number of hydrogen-bond donors (Lipinski definition) is 1. The van der Waals surface area contributed by atoms with Gasteiger partial charge in [0.1, 0.15) is 12.4 Å². The van der Waals surface area contributed by atoms with E-state index in [-0.39, 0.29) is 18.4 Å². The van der Waals surface area contributed by atoms with Crippen molar-refractivity contribution in [1.82, 2.24) is 19.7 Å². The van der Waals surface area contributed by atoms with Crippen molar-refractivity contribution in [2.75, 3.05) is 23.5 Å². The Kier molecular flexibility index (Phi) is 4.92. The highest BCUT2D eigenvalue weighted by atomic mass is 32.2. The second-order valence-electron chi connectivity index (χ2n) is 6.60. The molecule has 2 aromatic rings. The lowest BCUT2D eigenvalue weighted by atomic mass is 10.2. The van der Waals surface area contributed by atoms with Gasteiger partial charge in [0.2, 0.25) is 11.8 Å². The number of nitrogens with one attached hydrogen (secondary N) is 1. The van der Waals surface area contributed by atoms with E-state index in [0.717, 1.165) is 36.6 Å². The number of carbonyl (C=O) groups excluding carboxylic acids is 2. The van der Waals surface area contributed by atoms with Crippen molar-refractivity contribution in [2.24, 2.45) is 0 Å². The van der Waals surface area contributed by atoms with Gasteiger partial charge in [-0.25, -0.2) is 0 Å². The Bertz CT molecular complexity index is 817. The van der Waals surface area contributed by atoms with Crippen LogP contribution in [0.1, 0.15) is 25.1 Å². The number of nitrogens with zero attached hydrogens (tertiary/aromatic N) is 4. The van der Waals surface area contributed by atoms with Crippen LogP contribution in [0.5, 0.6) is 0 Å². The van der Waals surface area contributed by atoms with Gasteiger partial charge in [0.25, 0.3) is 0 Å². The molecule has 3 heterocycles. The van der Waals surface area contributed by atoms with Gasteiger partial charge in [0.15, 0.2) is 5.82 Å². The van der Waals surface area contributed by atoms with Crippen molar-refractivity contribution < 1.29 is 9.59 Å². The Balaban J connectivity index is 1.43. The van der Waals surface area contributed by atoms with Crippen molar-refractivity contribution in [3.63, 3.8) is 0 Å². The lowest BCUT2D eigenvalue weighted by Crippen LogP contribution is -2.34. The molecule has 1 aromatic carbocycles. The van der Waals surface area contributed by atoms with Gasteiger partial charge >= 0.3 is 0 Å². The van der Waals surface area contributed by atoms with Gasteiger partial charge in [-0.05, 0) is 37.1 Å². The molecule has 1 saturated heterocycles. The van der Waals surface area contributed by atoms with Gasteiger partial charge in [-0.3, -0.25) is 9.59 Å². The van der Waals surface area contributed by atoms with Crippen molar-refractivity contribution in [3.05, 3.63) is 30.1 Å². The molecule has 2 aliphatic rings. The maximum absolute atomic E-state index is 12.1. The van der Waals surface area contributed by atoms with E-state index in [9.17, 15) is 9.59 Å². The summed E-state index contributed by atoms with van der Waals surface area (Å²) in [6.07, 6.45) is 4.53. The SMILES string of the molecule is O=C(CN1CSCC1=O)Nc1ccc(-c2nnc3n2CCCCC3)cc1. The molecule has 0 radical (unpaired) electrons. The van der Waals surface area contributed by atoms with E-state index < -0.39 is 0 Å². The van der Waals surface area contributed by atoms with Crippen LogP contribution >= 0.6 is 11.8 Å².